The lowest BCUT2D eigenvalue weighted by Crippen LogP contribution is -2.02. The van der Waals surface area contributed by atoms with E-state index in [1.165, 1.54) is 0 Å². The van der Waals surface area contributed by atoms with Crippen molar-refractivity contribution in [3.05, 3.63) is 48.0 Å². The Bertz CT molecular complexity index is 857. The van der Waals surface area contributed by atoms with Gasteiger partial charge in [-0.05, 0) is 42.8 Å². The summed E-state index contributed by atoms with van der Waals surface area (Å²) in [5, 5.41) is 8.38. The number of nitrogens with two attached hydrogens (primary N) is 1. The van der Waals surface area contributed by atoms with Gasteiger partial charge in [0, 0.05) is 5.56 Å². The number of rotatable bonds is 2. The van der Waals surface area contributed by atoms with Gasteiger partial charge in [-0.25, -0.2) is 0 Å². The van der Waals surface area contributed by atoms with Crippen LogP contribution in [0, 0.1) is 6.92 Å². The molecule has 1 aliphatic rings. The maximum absolute atomic E-state index is 6.23. The monoisotopic (exact) mass is 294 g/mol. The lowest BCUT2D eigenvalue weighted by Gasteiger charge is -2.05. The van der Waals surface area contributed by atoms with Crippen LogP contribution in [0.25, 0.3) is 16.9 Å². The molecule has 1 aliphatic heterocycles. The van der Waals surface area contributed by atoms with Gasteiger partial charge in [-0.1, -0.05) is 17.3 Å². The average Bonchev–Trinajstić information content (AvgIpc) is 3.12. The zero-order valence-corrected chi connectivity index (χ0v) is 12.0. The number of hydrogen-bond donors (Lipinski definition) is 1. The Morgan fingerprint density at radius 3 is 2.82 bits per heavy atom. The number of nitrogens with zero attached hydrogens (tertiary/aromatic N) is 3. The molecule has 2 aromatic carbocycles. The Kier molecular flexibility index (Phi) is 2.75. The molecule has 0 amide bonds. The van der Waals surface area contributed by atoms with E-state index >= 15 is 0 Å². The van der Waals surface area contributed by atoms with Crippen LogP contribution in [-0.2, 0) is 0 Å². The third kappa shape index (κ3) is 1.96. The number of ether oxygens (including phenoxy) is 2. The molecule has 2 heterocycles. The minimum Gasteiger partial charge on any atom is -0.454 e. The molecule has 0 saturated heterocycles. The zero-order valence-electron chi connectivity index (χ0n) is 12.0. The summed E-state index contributed by atoms with van der Waals surface area (Å²) in [7, 11) is 0. The first-order valence-electron chi connectivity index (χ1n) is 6.90. The first kappa shape index (κ1) is 12.7. The van der Waals surface area contributed by atoms with Gasteiger partial charge in [0.15, 0.2) is 17.3 Å². The standard InChI is InChI=1S/C16H14N4O2/c1-10-3-2-4-12(7-10)20-16(17)15(18-19-20)11-5-6-13-14(8-11)22-9-21-13/h2-8H,9,17H2,1H3. The van der Waals surface area contributed by atoms with Crippen molar-refractivity contribution in [1.82, 2.24) is 15.0 Å². The Balaban J connectivity index is 1.78. The van der Waals surface area contributed by atoms with Crippen molar-refractivity contribution in [2.24, 2.45) is 0 Å². The molecule has 3 aromatic rings. The fourth-order valence-corrected chi connectivity index (χ4v) is 2.49. The fraction of sp³-hybridized carbons (Fsp3) is 0.125. The molecule has 2 N–H and O–H groups in total. The molecule has 0 atom stereocenters. The van der Waals surface area contributed by atoms with Crippen LogP contribution in [0.1, 0.15) is 5.56 Å². The fourth-order valence-electron chi connectivity index (χ4n) is 2.49. The smallest absolute Gasteiger partial charge is 0.231 e. The van der Waals surface area contributed by atoms with Crippen LogP contribution in [0.2, 0.25) is 0 Å². The van der Waals surface area contributed by atoms with Crippen molar-refractivity contribution in [3.63, 3.8) is 0 Å². The number of benzene rings is 2. The lowest BCUT2D eigenvalue weighted by atomic mass is 10.1. The molecule has 0 bridgehead atoms. The minimum atomic E-state index is 0.240. The molecule has 110 valence electrons. The summed E-state index contributed by atoms with van der Waals surface area (Å²) >= 11 is 0. The zero-order chi connectivity index (χ0) is 15.1. The first-order chi connectivity index (χ1) is 10.7. The van der Waals surface area contributed by atoms with Crippen LogP contribution in [0.15, 0.2) is 42.5 Å². The molecule has 0 saturated carbocycles. The van der Waals surface area contributed by atoms with Gasteiger partial charge >= 0.3 is 0 Å². The van der Waals surface area contributed by atoms with Gasteiger partial charge in [0.05, 0.1) is 5.69 Å². The Labute approximate surface area is 127 Å². The van der Waals surface area contributed by atoms with Crippen LogP contribution >= 0.6 is 0 Å². The SMILES string of the molecule is Cc1cccc(-n2nnc(-c3ccc4c(c3)OCO4)c2N)c1. The molecular weight excluding hydrogens is 280 g/mol. The van der Waals surface area contributed by atoms with Crippen molar-refractivity contribution in [3.8, 4) is 28.4 Å². The summed E-state index contributed by atoms with van der Waals surface area (Å²) in [4.78, 5) is 0. The van der Waals surface area contributed by atoms with E-state index in [1.807, 2.05) is 49.4 Å². The lowest BCUT2D eigenvalue weighted by molar-refractivity contribution is 0.174. The summed E-state index contributed by atoms with van der Waals surface area (Å²) < 4.78 is 12.3. The van der Waals surface area contributed by atoms with Crippen LogP contribution in [0.3, 0.4) is 0 Å². The first-order valence-corrected chi connectivity index (χ1v) is 6.90. The van der Waals surface area contributed by atoms with Crippen LogP contribution in [-0.4, -0.2) is 21.8 Å². The van der Waals surface area contributed by atoms with E-state index in [-0.39, 0.29) is 6.79 Å². The molecule has 0 aliphatic carbocycles. The Hall–Kier alpha value is -3.02. The van der Waals surface area contributed by atoms with Crippen molar-refractivity contribution in [2.75, 3.05) is 12.5 Å². The molecule has 1 aromatic heterocycles. The Morgan fingerprint density at radius 2 is 1.95 bits per heavy atom. The van der Waals surface area contributed by atoms with Crippen LogP contribution in [0.5, 0.6) is 11.5 Å². The Morgan fingerprint density at radius 1 is 1.09 bits per heavy atom. The normalized spacial score (nSPS) is 12.6. The largest absolute Gasteiger partial charge is 0.454 e. The number of nitrogen functional groups attached to an aromatic ring is 1. The summed E-state index contributed by atoms with van der Waals surface area (Å²) in [5.74, 6) is 1.92. The van der Waals surface area contributed by atoms with E-state index in [4.69, 9.17) is 15.2 Å². The summed E-state index contributed by atoms with van der Waals surface area (Å²) in [5.41, 5.74) is 9.72. The highest BCUT2D eigenvalue weighted by Gasteiger charge is 2.18. The maximum atomic E-state index is 6.23. The van der Waals surface area contributed by atoms with Crippen molar-refractivity contribution in [2.45, 2.75) is 6.92 Å². The molecule has 0 unspecified atom stereocenters. The summed E-state index contributed by atoms with van der Waals surface area (Å²) in [6.07, 6.45) is 0. The highest BCUT2D eigenvalue weighted by molar-refractivity contribution is 5.73. The molecule has 0 fully saturated rings. The summed E-state index contributed by atoms with van der Waals surface area (Å²) in [6.45, 7) is 2.26. The number of aryl methyl sites for hydroxylation is 1. The van der Waals surface area contributed by atoms with Crippen molar-refractivity contribution in [1.29, 1.82) is 0 Å². The van der Waals surface area contributed by atoms with Gasteiger partial charge in [0.2, 0.25) is 6.79 Å². The number of hydrogen-bond acceptors (Lipinski definition) is 5. The third-order valence-electron chi connectivity index (χ3n) is 3.60. The van der Waals surface area contributed by atoms with Gasteiger partial charge in [0.1, 0.15) is 5.69 Å². The quantitative estimate of drug-likeness (QED) is 0.786. The predicted molar refractivity (Wildman–Crippen MR) is 82.1 cm³/mol. The van der Waals surface area contributed by atoms with Crippen molar-refractivity contribution >= 4 is 5.82 Å². The van der Waals surface area contributed by atoms with E-state index in [9.17, 15) is 0 Å². The second kappa shape index (κ2) is 4.77. The highest BCUT2D eigenvalue weighted by atomic mass is 16.7. The number of aromatic nitrogens is 3. The average molecular weight is 294 g/mol. The van der Waals surface area contributed by atoms with Crippen LogP contribution < -0.4 is 15.2 Å². The molecule has 6 heteroatoms. The summed E-state index contributed by atoms with van der Waals surface area (Å²) in [6, 6.07) is 13.6. The second-order valence-electron chi connectivity index (χ2n) is 5.14. The van der Waals surface area contributed by atoms with Gasteiger partial charge in [-0.3, -0.25) is 0 Å². The third-order valence-corrected chi connectivity index (χ3v) is 3.60. The van der Waals surface area contributed by atoms with E-state index in [2.05, 4.69) is 10.3 Å². The second-order valence-corrected chi connectivity index (χ2v) is 5.14. The minimum absolute atomic E-state index is 0.240. The molecule has 0 radical (unpaired) electrons. The van der Waals surface area contributed by atoms with E-state index < -0.39 is 0 Å². The topological polar surface area (TPSA) is 75.2 Å². The number of fused-ring (bicyclic) bond motifs is 1. The maximum Gasteiger partial charge on any atom is 0.231 e. The molecule has 4 rings (SSSR count). The van der Waals surface area contributed by atoms with E-state index in [1.54, 1.807) is 4.68 Å². The van der Waals surface area contributed by atoms with Gasteiger partial charge in [0.25, 0.3) is 0 Å². The van der Waals surface area contributed by atoms with Gasteiger partial charge in [-0.2, -0.15) is 4.68 Å². The molecular formula is C16H14N4O2. The highest BCUT2D eigenvalue weighted by Crippen LogP contribution is 2.36. The number of anilines is 1. The van der Waals surface area contributed by atoms with Crippen LogP contribution in [0.4, 0.5) is 5.82 Å². The molecule has 22 heavy (non-hydrogen) atoms. The molecule has 6 nitrogen and oxygen atoms in total. The van der Waals surface area contributed by atoms with Gasteiger partial charge < -0.3 is 15.2 Å². The van der Waals surface area contributed by atoms with E-state index in [0.29, 0.717) is 17.3 Å². The molecule has 0 spiro atoms. The van der Waals surface area contributed by atoms with E-state index in [0.717, 1.165) is 22.6 Å². The predicted octanol–water partition coefficient (Wildman–Crippen LogP) is 2.55. The van der Waals surface area contributed by atoms with Crippen molar-refractivity contribution < 1.29 is 9.47 Å². The van der Waals surface area contributed by atoms with Gasteiger partial charge in [-0.15, -0.1) is 5.10 Å².